The molecule has 1 N–H and O–H groups in total. The predicted molar refractivity (Wildman–Crippen MR) is 118 cm³/mol. The molecule has 0 radical (unpaired) electrons. The van der Waals surface area contributed by atoms with E-state index < -0.39 is 0 Å². The Bertz CT molecular complexity index is 1130. The summed E-state index contributed by atoms with van der Waals surface area (Å²) in [4.78, 5) is 31.3. The number of carbonyl (C=O) groups excluding carboxylic acids is 2. The van der Waals surface area contributed by atoms with Gasteiger partial charge in [0.1, 0.15) is 5.69 Å². The van der Waals surface area contributed by atoms with Crippen molar-refractivity contribution in [3.63, 3.8) is 0 Å². The Labute approximate surface area is 181 Å². The van der Waals surface area contributed by atoms with E-state index >= 15 is 0 Å². The van der Waals surface area contributed by atoms with E-state index in [1.165, 1.54) is 5.56 Å². The van der Waals surface area contributed by atoms with Crippen molar-refractivity contribution in [1.29, 1.82) is 0 Å². The molecule has 1 aromatic carbocycles. The zero-order valence-electron chi connectivity index (χ0n) is 17.7. The summed E-state index contributed by atoms with van der Waals surface area (Å²) in [6, 6.07) is 11.4. The third kappa shape index (κ3) is 4.71. The lowest BCUT2D eigenvalue weighted by atomic mass is 9.94. The topological polar surface area (TPSA) is 80.1 Å². The molecular weight excluding hydrogens is 390 g/mol. The summed E-state index contributed by atoms with van der Waals surface area (Å²) in [6.45, 7) is 3.47. The van der Waals surface area contributed by atoms with Crippen LogP contribution in [0.15, 0.2) is 54.9 Å². The third-order valence-corrected chi connectivity index (χ3v) is 5.48. The van der Waals surface area contributed by atoms with Crippen LogP contribution in [0.4, 0.5) is 0 Å². The van der Waals surface area contributed by atoms with Gasteiger partial charge in [-0.1, -0.05) is 30.3 Å². The van der Waals surface area contributed by atoms with Gasteiger partial charge in [0.25, 0.3) is 5.91 Å². The number of pyridine rings is 1. The third-order valence-electron chi connectivity index (χ3n) is 5.48. The molecule has 0 spiro atoms. The lowest BCUT2D eigenvalue weighted by Crippen LogP contribution is -2.37. The van der Waals surface area contributed by atoms with Crippen LogP contribution < -0.4 is 5.32 Å². The molecule has 7 nitrogen and oxygen atoms in total. The fourth-order valence-corrected chi connectivity index (χ4v) is 3.79. The van der Waals surface area contributed by atoms with E-state index in [-0.39, 0.29) is 11.8 Å². The number of hydrogen-bond donors (Lipinski definition) is 1. The van der Waals surface area contributed by atoms with E-state index in [9.17, 15) is 9.59 Å². The summed E-state index contributed by atoms with van der Waals surface area (Å²) in [5, 5.41) is 7.18. The van der Waals surface area contributed by atoms with E-state index in [1.54, 1.807) is 41.0 Å². The normalized spacial score (nSPS) is 13.3. The van der Waals surface area contributed by atoms with Gasteiger partial charge in [0.15, 0.2) is 0 Å². The molecule has 0 saturated carbocycles. The Balaban J connectivity index is 1.44. The maximum Gasteiger partial charge on any atom is 0.274 e. The number of nitrogens with one attached hydrogen (secondary N) is 1. The quantitative estimate of drug-likeness (QED) is 0.650. The molecule has 0 fully saturated rings. The minimum Gasteiger partial charge on any atom is -0.348 e. The molecule has 2 amide bonds. The van der Waals surface area contributed by atoms with Crippen molar-refractivity contribution < 1.29 is 9.59 Å². The molecule has 0 bridgehead atoms. The number of fused-ring (bicyclic) bond motifs is 1. The fraction of sp³-hybridized carbons (Fsp3) is 0.250. The van der Waals surface area contributed by atoms with Gasteiger partial charge < -0.3 is 10.2 Å². The second-order valence-electron chi connectivity index (χ2n) is 7.64. The molecule has 31 heavy (non-hydrogen) atoms. The van der Waals surface area contributed by atoms with Crippen molar-refractivity contribution in [3.05, 3.63) is 88.5 Å². The summed E-state index contributed by atoms with van der Waals surface area (Å²) in [5.41, 5.74) is 5.54. The van der Waals surface area contributed by atoms with Gasteiger partial charge in [-0.05, 0) is 47.7 Å². The van der Waals surface area contributed by atoms with Gasteiger partial charge >= 0.3 is 0 Å². The highest BCUT2D eigenvalue weighted by Crippen LogP contribution is 2.24. The van der Waals surface area contributed by atoms with Crippen LogP contribution in [0, 0.1) is 6.92 Å². The minimum atomic E-state index is -0.149. The molecule has 0 atom stereocenters. The summed E-state index contributed by atoms with van der Waals surface area (Å²) in [6.07, 6.45) is 7.66. The highest BCUT2D eigenvalue weighted by molar-refractivity contribution is 5.92. The molecule has 3 heterocycles. The van der Waals surface area contributed by atoms with E-state index in [2.05, 4.69) is 15.4 Å². The summed E-state index contributed by atoms with van der Waals surface area (Å²) >= 11 is 0. The van der Waals surface area contributed by atoms with E-state index in [1.807, 2.05) is 43.5 Å². The van der Waals surface area contributed by atoms with Crippen LogP contribution in [0.25, 0.3) is 6.08 Å². The monoisotopic (exact) mass is 415 g/mol. The average molecular weight is 415 g/mol. The molecule has 1 aliphatic rings. The van der Waals surface area contributed by atoms with Crippen LogP contribution in [-0.4, -0.2) is 38.0 Å². The Hall–Kier alpha value is -3.74. The number of aromatic nitrogens is 3. The van der Waals surface area contributed by atoms with Crippen molar-refractivity contribution in [3.8, 4) is 0 Å². The molecule has 0 saturated heterocycles. The van der Waals surface area contributed by atoms with Crippen molar-refractivity contribution in [2.24, 2.45) is 7.05 Å². The Morgan fingerprint density at radius 2 is 2.00 bits per heavy atom. The second-order valence-corrected chi connectivity index (χ2v) is 7.64. The largest absolute Gasteiger partial charge is 0.348 e. The van der Waals surface area contributed by atoms with Gasteiger partial charge in [-0.15, -0.1) is 0 Å². The molecule has 0 unspecified atom stereocenters. The van der Waals surface area contributed by atoms with Crippen molar-refractivity contribution in [2.45, 2.75) is 26.4 Å². The molecule has 7 heteroatoms. The van der Waals surface area contributed by atoms with Crippen molar-refractivity contribution in [1.82, 2.24) is 25.0 Å². The first-order valence-corrected chi connectivity index (χ1v) is 10.3. The summed E-state index contributed by atoms with van der Waals surface area (Å²) in [5.74, 6) is -0.226. The first kappa shape index (κ1) is 20.5. The summed E-state index contributed by atoms with van der Waals surface area (Å²) < 4.78 is 1.63. The number of aryl methyl sites for hydroxylation is 2. The SMILES string of the molecule is Cc1ncc2c(c1CNC(=O)/C=C/c1ccccc1)CCN(C(=O)c1ccn(C)n1)C2. The van der Waals surface area contributed by atoms with Crippen LogP contribution in [0.2, 0.25) is 0 Å². The first-order chi connectivity index (χ1) is 15.0. The molecule has 3 aromatic rings. The van der Waals surface area contributed by atoms with Gasteiger partial charge in [0, 0.05) is 50.8 Å². The minimum absolute atomic E-state index is 0.0762. The van der Waals surface area contributed by atoms with Crippen LogP contribution in [0.3, 0.4) is 0 Å². The Morgan fingerprint density at radius 3 is 2.74 bits per heavy atom. The van der Waals surface area contributed by atoms with Gasteiger partial charge in [0.05, 0.1) is 0 Å². The van der Waals surface area contributed by atoms with E-state index in [0.717, 1.165) is 28.8 Å². The second kappa shape index (κ2) is 8.95. The van der Waals surface area contributed by atoms with Gasteiger partial charge in [-0.2, -0.15) is 5.10 Å². The van der Waals surface area contributed by atoms with E-state index in [0.29, 0.717) is 25.3 Å². The maximum atomic E-state index is 12.7. The Morgan fingerprint density at radius 1 is 1.19 bits per heavy atom. The fourth-order valence-electron chi connectivity index (χ4n) is 3.79. The lowest BCUT2D eigenvalue weighted by molar-refractivity contribution is -0.116. The maximum absolute atomic E-state index is 12.7. The molecule has 1 aliphatic heterocycles. The van der Waals surface area contributed by atoms with Gasteiger partial charge in [-0.3, -0.25) is 19.3 Å². The number of rotatable bonds is 5. The number of nitrogens with zero attached hydrogens (tertiary/aromatic N) is 4. The number of carbonyl (C=O) groups is 2. The Kier molecular flexibility index (Phi) is 5.93. The highest BCUT2D eigenvalue weighted by atomic mass is 16.2. The smallest absolute Gasteiger partial charge is 0.274 e. The van der Waals surface area contributed by atoms with Crippen LogP contribution in [-0.2, 0) is 31.4 Å². The highest BCUT2D eigenvalue weighted by Gasteiger charge is 2.25. The number of hydrogen-bond acceptors (Lipinski definition) is 4. The molecule has 2 aromatic heterocycles. The molecule has 4 rings (SSSR count). The van der Waals surface area contributed by atoms with Crippen LogP contribution >= 0.6 is 0 Å². The van der Waals surface area contributed by atoms with Gasteiger partial charge in [-0.25, -0.2) is 0 Å². The lowest BCUT2D eigenvalue weighted by Gasteiger charge is -2.30. The zero-order valence-corrected chi connectivity index (χ0v) is 17.7. The van der Waals surface area contributed by atoms with Crippen molar-refractivity contribution in [2.75, 3.05) is 6.54 Å². The van der Waals surface area contributed by atoms with Crippen LogP contribution in [0.1, 0.15) is 38.4 Å². The number of benzene rings is 1. The van der Waals surface area contributed by atoms with Gasteiger partial charge in [0.2, 0.25) is 5.91 Å². The average Bonchev–Trinajstić information content (AvgIpc) is 3.23. The predicted octanol–water partition coefficient (Wildman–Crippen LogP) is 2.65. The standard InChI is InChI=1S/C24H25N5O2/c1-17-21(15-26-23(30)9-8-18-6-4-3-5-7-18)20-10-13-29(16-19(20)14-25-17)24(31)22-11-12-28(2)27-22/h3-9,11-12,14H,10,13,15-16H2,1-2H3,(H,26,30)/b9-8+. The van der Waals surface area contributed by atoms with E-state index in [4.69, 9.17) is 0 Å². The van der Waals surface area contributed by atoms with Crippen molar-refractivity contribution >= 4 is 17.9 Å². The molecular formula is C24H25N5O2. The summed E-state index contributed by atoms with van der Waals surface area (Å²) in [7, 11) is 1.80. The first-order valence-electron chi connectivity index (χ1n) is 10.3. The molecule has 0 aliphatic carbocycles. The van der Waals surface area contributed by atoms with Crippen LogP contribution in [0.5, 0.6) is 0 Å². The molecule has 158 valence electrons. The number of amides is 2. The zero-order chi connectivity index (χ0) is 21.8.